The maximum atomic E-state index is 11.2. The van der Waals surface area contributed by atoms with Crippen LogP contribution in [0.3, 0.4) is 0 Å². The number of rotatable bonds is 2. The number of anilines is 1. The highest BCUT2D eigenvalue weighted by molar-refractivity contribution is 5.98. The first-order valence-corrected chi connectivity index (χ1v) is 5.01. The summed E-state index contributed by atoms with van der Waals surface area (Å²) in [7, 11) is 0. The fourth-order valence-corrected chi connectivity index (χ4v) is 1.51. The van der Waals surface area contributed by atoms with Crippen molar-refractivity contribution in [3.05, 3.63) is 35.5 Å². The highest BCUT2D eigenvalue weighted by atomic mass is 16.1. The lowest BCUT2D eigenvalue weighted by atomic mass is 10.2. The first kappa shape index (κ1) is 12.1. The molecule has 19 heavy (non-hydrogen) atoms. The van der Waals surface area contributed by atoms with E-state index >= 15 is 0 Å². The zero-order valence-corrected chi connectivity index (χ0v) is 9.53. The summed E-state index contributed by atoms with van der Waals surface area (Å²) in [5.74, 6) is -0.478. The van der Waals surface area contributed by atoms with E-state index in [0.717, 1.165) is 0 Å². The molecule has 2 heterocycles. The molecule has 0 unspecified atom stereocenters. The lowest BCUT2D eigenvalue weighted by molar-refractivity contribution is 0.100. The number of hydrogen-bond acceptors (Lipinski definition) is 6. The van der Waals surface area contributed by atoms with Gasteiger partial charge in [0.15, 0.2) is 11.4 Å². The Morgan fingerprint density at radius 2 is 2.05 bits per heavy atom. The van der Waals surface area contributed by atoms with Crippen LogP contribution in [0, 0.1) is 22.7 Å². The molecule has 2 rings (SSSR count). The van der Waals surface area contributed by atoms with Crippen LogP contribution in [-0.4, -0.2) is 20.4 Å². The third-order valence-corrected chi connectivity index (χ3v) is 2.41. The second kappa shape index (κ2) is 4.47. The summed E-state index contributed by atoms with van der Waals surface area (Å²) >= 11 is 0. The number of primary amides is 1. The van der Waals surface area contributed by atoms with Crippen LogP contribution in [0.1, 0.15) is 21.7 Å². The number of aromatic nitrogens is 3. The van der Waals surface area contributed by atoms with Crippen LogP contribution in [0.4, 0.5) is 5.69 Å². The van der Waals surface area contributed by atoms with Gasteiger partial charge in [-0.3, -0.25) is 9.36 Å². The summed E-state index contributed by atoms with van der Waals surface area (Å²) < 4.78 is 1.28. The molecule has 92 valence electrons. The standard InChI is InChI=1S/C11H7N7O/c12-2-8-9(3-13)18(5-17-8)10-1-6(11(15)19)7(14)4-16-10/h1,4-5H,14H2,(H2,15,19). The second-order valence-corrected chi connectivity index (χ2v) is 3.53. The minimum absolute atomic E-state index is 0.0233. The smallest absolute Gasteiger partial charge is 0.250 e. The van der Waals surface area contributed by atoms with E-state index in [4.69, 9.17) is 22.0 Å². The summed E-state index contributed by atoms with van der Waals surface area (Å²) in [5.41, 5.74) is 11.0. The van der Waals surface area contributed by atoms with Crippen molar-refractivity contribution in [3.8, 4) is 18.0 Å². The van der Waals surface area contributed by atoms with Crippen molar-refractivity contribution >= 4 is 11.6 Å². The molecular formula is C11H7N7O. The van der Waals surface area contributed by atoms with E-state index in [9.17, 15) is 4.79 Å². The van der Waals surface area contributed by atoms with Gasteiger partial charge in [-0.1, -0.05) is 0 Å². The molecule has 0 aliphatic carbocycles. The molecule has 8 heteroatoms. The van der Waals surface area contributed by atoms with Crippen LogP contribution in [-0.2, 0) is 0 Å². The van der Waals surface area contributed by atoms with Crippen molar-refractivity contribution in [2.45, 2.75) is 0 Å². The molecule has 0 aromatic carbocycles. The number of imidazole rings is 1. The summed E-state index contributed by atoms with van der Waals surface area (Å²) in [5, 5.41) is 17.8. The predicted octanol–water partition coefficient (Wildman–Crippen LogP) is -0.308. The third kappa shape index (κ3) is 1.94. The largest absolute Gasteiger partial charge is 0.397 e. The number of hydrogen-bond donors (Lipinski definition) is 2. The van der Waals surface area contributed by atoms with Gasteiger partial charge >= 0.3 is 0 Å². The Morgan fingerprint density at radius 3 is 2.63 bits per heavy atom. The number of nitrogens with zero attached hydrogens (tertiary/aromatic N) is 5. The minimum Gasteiger partial charge on any atom is -0.397 e. The van der Waals surface area contributed by atoms with Gasteiger partial charge in [0, 0.05) is 0 Å². The van der Waals surface area contributed by atoms with Crippen molar-refractivity contribution in [3.63, 3.8) is 0 Å². The average Bonchev–Trinajstić information content (AvgIpc) is 2.81. The zero-order valence-electron chi connectivity index (χ0n) is 9.53. The number of nitrogens with two attached hydrogens (primary N) is 2. The van der Waals surface area contributed by atoms with E-state index < -0.39 is 5.91 Å². The SMILES string of the molecule is N#Cc1ncn(-c2cc(C(N)=O)c(N)cn2)c1C#N. The van der Waals surface area contributed by atoms with Crippen LogP contribution in [0.15, 0.2) is 18.6 Å². The average molecular weight is 253 g/mol. The first-order valence-electron chi connectivity index (χ1n) is 5.01. The molecule has 0 saturated carbocycles. The third-order valence-electron chi connectivity index (χ3n) is 2.41. The topological polar surface area (TPSA) is 147 Å². The lowest BCUT2D eigenvalue weighted by Gasteiger charge is -2.06. The summed E-state index contributed by atoms with van der Waals surface area (Å²) in [4.78, 5) is 18.9. The molecule has 0 saturated heterocycles. The molecule has 0 bridgehead atoms. The van der Waals surface area contributed by atoms with Gasteiger partial charge in [0.25, 0.3) is 5.91 Å². The maximum absolute atomic E-state index is 11.2. The molecular weight excluding hydrogens is 246 g/mol. The molecule has 0 aliphatic heterocycles. The number of pyridine rings is 1. The summed E-state index contributed by atoms with van der Waals surface area (Å²) in [6, 6.07) is 4.97. The van der Waals surface area contributed by atoms with Crippen molar-refractivity contribution < 1.29 is 4.79 Å². The van der Waals surface area contributed by atoms with E-state index in [1.807, 2.05) is 6.07 Å². The Labute approximate surface area is 107 Å². The fourth-order valence-electron chi connectivity index (χ4n) is 1.51. The molecule has 0 aliphatic rings. The zero-order chi connectivity index (χ0) is 14.0. The molecule has 0 atom stereocenters. The van der Waals surface area contributed by atoms with E-state index in [0.29, 0.717) is 0 Å². The number of carbonyl (C=O) groups is 1. The Kier molecular flexibility index (Phi) is 2.84. The van der Waals surface area contributed by atoms with Crippen LogP contribution in [0.5, 0.6) is 0 Å². The van der Waals surface area contributed by atoms with Crippen molar-refractivity contribution in [1.82, 2.24) is 14.5 Å². The summed E-state index contributed by atoms with van der Waals surface area (Å²) in [6.07, 6.45) is 2.52. The van der Waals surface area contributed by atoms with Gasteiger partial charge in [-0.05, 0) is 6.07 Å². The summed E-state index contributed by atoms with van der Waals surface area (Å²) in [6.45, 7) is 0. The monoisotopic (exact) mass is 253 g/mol. The first-order chi connectivity index (χ1) is 9.08. The Balaban J connectivity index is 2.65. The number of amides is 1. The van der Waals surface area contributed by atoms with Crippen LogP contribution < -0.4 is 11.5 Å². The fraction of sp³-hybridized carbons (Fsp3) is 0. The molecule has 2 aromatic heterocycles. The lowest BCUT2D eigenvalue weighted by Crippen LogP contribution is -2.15. The molecule has 8 nitrogen and oxygen atoms in total. The highest BCUT2D eigenvalue weighted by Gasteiger charge is 2.14. The van der Waals surface area contributed by atoms with Gasteiger partial charge in [-0.2, -0.15) is 10.5 Å². The van der Waals surface area contributed by atoms with Gasteiger partial charge in [0.1, 0.15) is 24.3 Å². The Hall–Kier alpha value is -3.39. The Morgan fingerprint density at radius 1 is 1.32 bits per heavy atom. The molecule has 2 aromatic rings. The van der Waals surface area contributed by atoms with E-state index in [1.54, 1.807) is 6.07 Å². The van der Waals surface area contributed by atoms with Gasteiger partial charge in [0.2, 0.25) is 0 Å². The van der Waals surface area contributed by atoms with Crippen molar-refractivity contribution in [1.29, 1.82) is 10.5 Å². The number of nitriles is 2. The van der Waals surface area contributed by atoms with Crippen LogP contribution in [0.25, 0.3) is 5.82 Å². The van der Waals surface area contributed by atoms with Crippen molar-refractivity contribution in [2.75, 3.05) is 5.73 Å². The normalized spacial score (nSPS) is 9.58. The second-order valence-electron chi connectivity index (χ2n) is 3.53. The highest BCUT2D eigenvalue weighted by Crippen LogP contribution is 2.16. The van der Waals surface area contributed by atoms with Crippen LogP contribution in [0.2, 0.25) is 0 Å². The van der Waals surface area contributed by atoms with Gasteiger partial charge in [-0.15, -0.1) is 0 Å². The molecule has 1 amide bonds. The van der Waals surface area contributed by atoms with Gasteiger partial charge < -0.3 is 11.5 Å². The minimum atomic E-state index is -0.708. The van der Waals surface area contributed by atoms with Gasteiger partial charge in [0.05, 0.1) is 17.4 Å². The quantitative estimate of drug-likeness (QED) is 0.750. The maximum Gasteiger partial charge on any atom is 0.250 e. The van der Waals surface area contributed by atoms with Gasteiger partial charge in [-0.25, -0.2) is 9.97 Å². The molecule has 4 N–H and O–H groups in total. The molecule has 0 radical (unpaired) electrons. The van der Waals surface area contributed by atoms with E-state index in [2.05, 4.69) is 9.97 Å². The Bertz CT molecular complexity index is 747. The van der Waals surface area contributed by atoms with Crippen molar-refractivity contribution in [2.24, 2.45) is 5.73 Å². The molecule has 0 spiro atoms. The predicted molar refractivity (Wildman–Crippen MR) is 63.7 cm³/mol. The number of carbonyl (C=O) groups excluding carboxylic acids is 1. The number of nitrogen functional groups attached to an aromatic ring is 1. The van der Waals surface area contributed by atoms with E-state index in [-0.39, 0.29) is 28.5 Å². The van der Waals surface area contributed by atoms with Crippen LogP contribution >= 0.6 is 0 Å². The van der Waals surface area contributed by atoms with E-state index in [1.165, 1.54) is 23.2 Å². The molecule has 0 fully saturated rings.